The third-order valence-corrected chi connectivity index (χ3v) is 2.46. The second kappa shape index (κ2) is 5.91. The number of carboxylic acids is 1. The molecule has 0 spiro atoms. The van der Waals surface area contributed by atoms with Crippen molar-refractivity contribution in [1.29, 1.82) is 0 Å². The summed E-state index contributed by atoms with van der Waals surface area (Å²) in [5, 5.41) is 30.4. The highest BCUT2D eigenvalue weighted by Gasteiger charge is 2.26. The number of aliphatic hydroxyl groups excluding tert-OH is 1. The smallest absolute Gasteiger partial charge is 0.328 e. The van der Waals surface area contributed by atoms with Crippen molar-refractivity contribution in [3.05, 3.63) is 39.4 Å². The summed E-state index contributed by atoms with van der Waals surface area (Å²) in [5.74, 6) is -2.33. The number of rotatable bonds is 5. The Labute approximate surface area is 107 Å². The molecule has 0 bridgehead atoms. The Hall–Kier alpha value is -2.48. The molecule has 0 saturated heterocycles. The Morgan fingerprint density at radius 1 is 1.47 bits per heavy atom. The van der Waals surface area contributed by atoms with Crippen LogP contribution in [0.3, 0.4) is 0 Å². The van der Waals surface area contributed by atoms with Crippen molar-refractivity contribution in [1.82, 2.24) is 5.32 Å². The molecule has 102 valence electrons. The predicted octanol–water partition coefficient (Wildman–Crippen LogP) is 0.0785. The van der Waals surface area contributed by atoms with E-state index in [2.05, 4.69) is 0 Å². The van der Waals surface area contributed by atoms with Crippen LogP contribution >= 0.6 is 0 Å². The summed E-state index contributed by atoms with van der Waals surface area (Å²) in [7, 11) is 0. The molecule has 0 aliphatic rings. The van der Waals surface area contributed by atoms with Crippen LogP contribution in [-0.4, -0.2) is 39.7 Å². The van der Waals surface area contributed by atoms with Gasteiger partial charge in [-0.3, -0.25) is 14.9 Å². The Kier molecular flexibility index (Phi) is 4.54. The van der Waals surface area contributed by atoms with Gasteiger partial charge >= 0.3 is 5.97 Å². The number of hydrogen-bond acceptors (Lipinski definition) is 5. The topological polar surface area (TPSA) is 130 Å². The summed E-state index contributed by atoms with van der Waals surface area (Å²) in [5.41, 5.74) is -0.291. The van der Waals surface area contributed by atoms with Gasteiger partial charge in [-0.25, -0.2) is 4.79 Å². The molecule has 0 saturated carbocycles. The Morgan fingerprint density at radius 3 is 2.58 bits per heavy atom. The fraction of sp³-hybridized carbons (Fsp3) is 0.273. The number of aliphatic carboxylic acids is 1. The molecule has 3 N–H and O–H groups in total. The molecule has 1 amide bonds. The van der Waals surface area contributed by atoms with Gasteiger partial charge in [0.05, 0.1) is 11.5 Å². The van der Waals surface area contributed by atoms with Crippen molar-refractivity contribution in [3.63, 3.8) is 0 Å². The van der Waals surface area contributed by atoms with Crippen LogP contribution in [0.1, 0.15) is 15.9 Å². The van der Waals surface area contributed by atoms with Gasteiger partial charge in [0, 0.05) is 6.07 Å². The minimum atomic E-state index is -1.51. The van der Waals surface area contributed by atoms with Gasteiger partial charge in [0.15, 0.2) is 6.04 Å². The second-order valence-electron chi connectivity index (χ2n) is 3.77. The van der Waals surface area contributed by atoms with E-state index in [0.29, 0.717) is 5.56 Å². The van der Waals surface area contributed by atoms with Crippen LogP contribution < -0.4 is 5.32 Å². The number of carbonyl (C=O) groups excluding carboxylic acids is 1. The lowest BCUT2D eigenvalue weighted by Crippen LogP contribution is -2.43. The molecular formula is C11H12N2O6. The number of carboxylic acid groups (broad SMARTS) is 1. The molecule has 1 atom stereocenters. The molecule has 0 fully saturated rings. The minimum Gasteiger partial charge on any atom is -0.480 e. The number of nitrogens with zero attached hydrogens (tertiary/aromatic N) is 1. The van der Waals surface area contributed by atoms with Crippen LogP contribution in [0.15, 0.2) is 18.2 Å². The van der Waals surface area contributed by atoms with Crippen molar-refractivity contribution in [3.8, 4) is 0 Å². The molecule has 0 aromatic heterocycles. The van der Waals surface area contributed by atoms with Gasteiger partial charge in [-0.2, -0.15) is 0 Å². The SMILES string of the molecule is Cc1cccc([N+](=O)[O-])c1C(=O)N[C@@H](CO)C(=O)O. The molecule has 0 radical (unpaired) electrons. The number of hydrogen-bond donors (Lipinski definition) is 3. The van der Waals surface area contributed by atoms with Gasteiger partial charge < -0.3 is 15.5 Å². The normalized spacial score (nSPS) is 11.7. The molecule has 8 heteroatoms. The Balaban J connectivity index is 3.12. The van der Waals surface area contributed by atoms with Crippen LogP contribution in [0.4, 0.5) is 5.69 Å². The van der Waals surface area contributed by atoms with Crippen molar-refractivity contribution < 1.29 is 24.7 Å². The number of aryl methyl sites for hydroxylation is 1. The number of carbonyl (C=O) groups is 2. The van der Waals surface area contributed by atoms with Gasteiger partial charge in [-0.15, -0.1) is 0 Å². The maximum absolute atomic E-state index is 11.9. The van der Waals surface area contributed by atoms with E-state index >= 15 is 0 Å². The fourth-order valence-corrected chi connectivity index (χ4v) is 1.52. The molecule has 19 heavy (non-hydrogen) atoms. The molecular weight excluding hydrogens is 256 g/mol. The third kappa shape index (κ3) is 3.26. The lowest BCUT2D eigenvalue weighted by atomic mass is 10.1. The molecule has 0 aliphatic carbocycles. The predicted molar refractivity (Wildman–Crippen MR) is 63.8 cm³/mol. The summed E-state index contributed by atoms with van der Waals surface area (Å²) < 4.78 is 0. The number of amides is 1. The monoisotopic (exact) mass is 268 g/mol. The van der Waals surface area contributed by atoms with Gasteiger partial charge in [-0.05, 0) is 12.5 Å². The van der Waals surface area contributed by atoms with E-state index in [1.54, 1.807) is 0 Å². The van der Waals surface area contributed by atoms with Gasteiger partial charge in [0.1, 0.15) is 5.56 Å². The van der Waals surface area contributed by atoms with Crippen molar-refractivity contribution in [2.45, 2.75) is 13.0 Å². The van der Waals surface area contributed by atoms with Crippen LogP contribution in [0.2, 0.25) is 0 Å². The zero-order valence-electron chi connectivity index (χ0n) is 9.99. The van der Waals surface area contributed by atoms with Crippen molar-refractivity contribution >= 4 is 17.6 Å². The van der Waals surface area contributed by atoms with E-state index in [0.717, 1.165) is 6.07 Å². The zero-order chi connectivity index (χ0) is 14.6. The molecule has 1 rings (SSSR count). The number of nitro groups is 1. The maximum Gasteiger partial charge on any atom is 0.328 e. The first kappa shape index (κ1) is 14.6. The quantitative estimate of drug-likeness (QED) is 0.512. The molecule has 0 heterocycles. The van der Waals surface area contributed by atoms with Crippen molar-refractivity contribution in [2.24, 2.45) is 0 Å². The zero-order valence-corrected chi connectivity index (χ0v) is 9.99. The van der Waals surface area contributed by atoms with E-state index < -0.39 is 35.1 Å². The molecule has 1 aromatic rings. The van der Waals surface area contributed by atoms with Crippen LogP contribution in [0.5, 0.6) is 0 Å². The highest BCUT2D eigenvalue weighted by Crippen LogP contribution is 2.21. The number of aliphatic hydroxyl groups is 1. The summed E-state index contributed by atoms with van der Waals surface area (Å²) in [6.45, 7) is 0.692. The van der Waals surface area contributed by atoms with E-state index in [-0.39, 0.29) is 5.56 Å². The largest absolute Gasteiger partial charge is 0.480 e. The third-order valence-electron chi connectivity index (χ3n) is 2.46. The fourth-order valence-electron chi connectivity index (χ4n) is 1.52. The first-order valence-electron chi connectivity index (χ1n) is 5.27. The first-order valence-corrected chi connectivity index (χ1v) is 5.27. The number of nitrogens with one attached hydrogen (secondary N) is 1. The van der Waals surface area contributed by atoms with Crippen molar-refractivity contribution in [2.75, 3.05) is 6.61 Å². The van der Waals surface area contributed by atoms with E-state index in [1.165, 1.54) is 19.1 Å². The summed E-state index contributed by atoms with van der Waals surface area (Å²) in [6, 6.07) is 2.56. The Bertz CT molecular complexity index is 528. The minimum absolute atomic E-state index is 0.216. The number of nitro benzene ring substituents is 1. The van der Waals surface area contributed by atoms with Crippen LogP contribution in [0, 0.1) is 17.0 Å². The molecule has 8 nitrogen and oxygen atoms in total. The summed E-state index contributed by atoms with van der Waals surface area (Å²) >= 11 is 0. The second-order valence-corrected chi connectivity index (χ2v) is 3.77. The van der Waals surface area contributed by atoms with E-state index in [9.17, 15) is 19.7 Å². The lowest BCUT2D eigenvalue weighted by Gasteiger charge is -2.12. The van der Waals surface area contributed by atoms with Crippen LogP contribution in [0.25, 0.3) is 0 Å². The van der Waals surface area contributed by atoms with Gasteiger partial charge in [-0.1, -0.05) is 12.1 Å². The number of benzene rings is 1. The lowest BCUT2D eigenvalue weighted by molar-refractivity contribution is -0.385. The van der Waals surface area contributed by atoms with Gasteiger partial charge in [0.2, 0.25) is 0 Å². The molecule has 0 unspecified atom stereocenters. The Morgan fingerprint density at radius 2 is 2.11 bits per heavy atom. The first-order chi connectivity index (χ1) is 8.88. The van der Waals surface area contributed by atoms with Gasteiger partial charge in [0.25, 0.3) is 11.6 Å². The summed E-state index contributed by atoms with van der Waals surface area (Å²) in [4.78, 5) is 32.7. The maximum atomic E-state index is 11.9. The average Bonchev–Trinajstić information content (AvgIpc) is 2.34. The standard InChI is InChI=1S/C11H12N2O6/c1-6-3-2-4-8(13(18)19)9(6)10(15)12-7(5-14)11(16)17/h2-4,7,14H,5H2,1H3,(H,12,15)(H,16,17)/t7-/m0/s1. The molecule has 1 aromatic carbocycles. The summed E-state index contributed by atoms with van der Waals surface area (Å²) in [6.07, 6.45) is 0. The highest BCUT2D eigenvalue weighted by atomic mass is 16.6. The average molecular weight is 268 g/mol. The van der Waals surface area contributed by atoms with Crippen LogP contribution in [-0.2, 0) is 4.79 Å². The highest BCUT2D eigenvalue weighted by molar-refractivity contribution is 6.01. The molecule has 0 aliphatic heterocycles. The van der Waals surface area contributed by atoms with E-state index in [4.69, 9.17) is 10.2 Å². The van der Waals surface area contributed by atoms with E-state index in [1.807, 2.05) is 5.32 Å².